The highest BCUT2D eigenvalue weighted by Crippen LogP contribution is 2.29. The molecule has 0 aromatic heterocycles. The Labute approximate surface area is 170 Å². The molecule has 0 fully saturated rings. The number of halogens is 3. The first-order valence-corrected chi connectivity index (χ1v) is 8.84. The van der Waals surface area contributed by atoms with Gasteiger partial charge in [0.15, 0.2) is 0 Å². The molecular weight excluding hydrogens is 397 g/mol. The summed E-state index contributed by atoms with van der Waals surface area (Å²) in [7, 11) is 0. The number of nitrogens with one attached hydrogen (secondary N) is 1. The summed E-state index contributed by atoms with van der Waals surface area (Å²) < 4.78 is 43.9. The van der Waals surface area contributed by atoms with Crippen molar-refractivity contribution in [3.63, 3.8) is 0 Å². The second-order valence-corrected chi connectivity index (χ2v) is 6.40. The molecule has 0 aliphatic carbocycles. The highest BCUT2D eigenvalue weighted by Gasteiger charge is 2.30. The van der Waals surface area contributed by atoms with Crippen molar-refractivity contribution >= 4 is 11.8 Å². The average molecular weight is 414 g/mol. The number of alkyl halides is 3. The van der Waals surface area contributed by atoms with Gasteiger partial charge in [0, 0.05) is 17.7 Å². The van der Waals surface area contributed by atoms with Crippen LogP contribution in [0.5, 0.6) is 11.5 Å². The normalized spacial score (nSPS) is 11.0. The summed E-state index contributed by atoms with van der Waals surface area (Å²) in [5.74, 6) is -0.00942. The predicted octanol–water partition coefficient (Wildman–Crippen LogP) is 4.53. The first-order chi connectivity index (χ1) is 14.2. The predicted molar refractivity (Wildman–Crippen MR) is 104 cm³/mol. The molecule has 5 nitrogen and oxygen atoms in total. The summed E-state index contributed by atoms with van der Waals surface area (Å²) in [6.45, 7) is -0.0345. The Bertz CT molecular complexity index is 1050. The molecule has 30 heavy (non-hydrogen) atoms. The molecule has 0 aliphatic heterocycles. The second kappa shape index (κ2) is 8.69. The third-order valence-corrected chi connectivity index (χ3v) is 4.20. The number of carbonyl (C=O) groups excluding carboxylic acids is 2. The molecule has 0 saturated carbocycles. The zero-order valence-electron chi connectivity index (χ0n) is 15.6. The molecule has 154 valence electrons. The molecule has 0 atom stereocenters. The van der Waals surface area contributed by atoms with E-state index in [1.807, 2.05) is 0 Å². The van der Waals surface area contributed by atoms with E-state index in [0.717, 1.165) is 12.1 Å². The quantitative estimate of drug-likeness (QED) is 0.622. The smallest absolute Gasteiger partial charge is 0.416 e. The van der Waals surface area contributed by atoms with Crippen LogP contribution >= 0.6 is 0 Å². The minimum absolute atomic E-state index is 0.0345. The highest BCUT2D eigenvalue weighted by atomic mass is 19.4. The lowest BCUT2D eigenvalue weighted by molar-refractivity contribution is -0.137. The van der Waals surface area contributed by atoms with E-state index in [1.165, 1.54) is 36.4 Å². The minimum atomic E-state index is -4.43. The Morgan fingerprint density at radius 1 is 0.867 bits per heavy atom. The lowest BCUT2D eigenvalue weighted by Crippen LogP contribution is -2.22. The standard InChI is InChI=1S/C22H17F3N2O3/c23-22(24,25)17-3-1-2-14(12-17)13-27-21(29)16-6-10-19(11-7-16)30-18-8-4-15(5-9-18)20(26)28/h1-12H,13H2,(H2,26,28)(H,27,29). The van der Waals surface area contributed by atoms with Gasteiger partial charge in [0.2, 0.25) is 5.91 Å². The Balaban J connectivity index is 1.59. The van der Waals surface area contributed by atoms with Gasteiger partial charge in [-0.1, -0.05) is 12.1 Å². The number of ether oxygens (including phenoxy) is 1. The van der Waals surface area contributed by atoms with Crippen LogP contribution in [-0.2, 0) is 12.7 Å². The van der Waals surface area contributed by atoms with Crippen LogP contribution < -0.4 is 15.8 Å². The van der Waals surface area contributed by atoms with Gasteiger partial charge in [0.05, 0.1) is 5.56 Å². The molecular formula is C22H17F3N2O3. The summed E-state index contributed by atoms with van der Waals surface area (Å²) >= 11 is 0. The number of rotatable bonds is 6. The first-order valence-electron chi connectivity index (χ1n) is 8.84. The summed E-state index contributed by atoms with van der Waals surface area (Å²) in [6.07, 6.45) is -4.43. The van der Waals surface area contributed by atoms with Gasteiger partial charge in [-0.25, -0.2) is 0 Å². The highest BCUT2D eigenvalue weighted by molar-refractivity contribution is 5.94. The van der Waals surface area contributed by atoms with Crippen LogP contribution in [-0.4, -0.2) is 11.8 Å². The Morgan fingerprint density at radius 2 is 1.43 bits per heavy atom. The van der Waals surface area contributed by atoms with E-state index in [4.69, 9.17) is 10.5 Å². The topological polar surface area (TPSA) is 81.4 Å². The summed E-state index contributed by atoms with van der Waals surface area (Å²) in [5.41, 5.74) is 5.45. The van der Waals surface area contributed by atoms with Crippen LogP contribution in [0.3, 0.4) is 0 Å². The van der Waals surface area contributed by atoms with Gasteiger partial charge >= 0.3 is 6.18 Å². The Kier molecular flexibility index (Phi) is 6.06. The maximum Gasteiger partial charge on any atom is 0.416 e. The van der Waals surface area contributed by atoms with E-state index in [1.54, 1.807) is 24.3 Å². The Morgan fingerprint density at radius 3 is 1.97 bits per heavy atom. The fourth-order valence-electron chi connectivity index (χ4n) is 2.64. The molecule has 2 amide bonds. The number of amides is 2. The Hall–Kier alpha value is -3.81. The molecule has 3 aromatic rings. The summed E-state index contributed by atoms with van der Waals surface area (Å²) in [4.78, 5) is 23.3. The molecule has 0 radical (unpaired) electrons. The lowest BCUT2D eigenvalue weighted by Gasteiger charge is -2.10. The minimum Gasteiger partial charge on any atom is -0.457 e. The van der Waals surface area contributed by atoms with Crippen molar-refractivity contribution in [1.29, 1.82) is 0 Å². The average Bonchev–Trinajstić information content (AvgIpc) is 2.72. The van der Waals surface area contributed by atoms with Crippen LogP contribution in [0.4, 0.5) is 13.2 Å². The van der Waals surface area contributed by atoms with Crippen molar-refractivity contribution in [3.05, 3.63) is 95.1 Å². The monoisotopic (exact) mass is 414 g/mol. The molecule has 0 spiro atoms. The second-order valence-electron chi connectivity index (χ2n) is 6.40. The van der Waals surface area contributed by atoms with E-state index in [9.17, 15) is 22.8 Å². The fraction of sp³-hybridized carbons (Fsp3) is 0.0909. The number of hydrogen-bond acceptors (Lipinski definition) is 3. The number of benzene rings is 3. The van der Waals surface area contributed by atoms with Crippen molar-refractivity contribution in [1.82, 2.24) is 5.32 Å². The number of primary amides is 1. The lowest BCUT2D eigenvalue weighted by atomic mass is 10.1. The summed E-state index contributed by atoms with van der Waals surface area (Å²) in [5, 5.41) is 2.59. The number of nitrogens with two attached hydrogens (primary N) is 1. The molecule has 0 aliphatic rings. The van der Waals surface area contributed by atoms with Crippen molar-refractivity contribution in [3.8, 4) is 11.5 Å². The molecule has 3 rings (SSSR count). The van der Waals surface area contributed by atoms with Gasteiger partial charge < -0.3 is 15.8 Å². The van der Waals surface area contributed by atoms with Crippen LogP contribution in [0.1, 0.15) is 31.8 Å². The van der Waals surface area contributed by atoms with Gasteiger partial charge in [-0.3, -0.25) is 9.59 Å². The van der Waals surface area contributed by atoms with E-state index in [-0.39, 0.29) is 6.54 Å². The van der Waals surface area contributed by atoms with E-state index in [0.29, 0.717) is 28.2 Å². The third-order valence-electron chi connectivity index (χ3n) is 4.20. The van der Waals surface area contributed by atoms with E-state index >= 15 is 0 Å². The van der Waals surface area contributed by atoms with Crippen LogP contribution in [0, 0.1) is 0 Å². The van der Waals surface area contributed by atoms with Gasteiger partial charge in [0.1, 0.15) is 11.5 Å². The van der Waals surface area contributed by atoms with Crippen molar-refractivity contribution in [2.45, 2.75) is 12.7 Å². The molecule has 0 saturated heterocycles. The van der Waals surface area contributed by atoms with Gasteiger partial charge in [-0.15, -0.1) is 0 Å². The molecule has 0 unspecified atom stereocenters. The molecule has 3 N–H and O–H groups in total. The molecule has 0 bridgehead atoms. The SMILES string of the molecule is NC(=O)c1ccc(Oc2ccc(C(=O)NCc3cccc(C(F)(F)F)c3)cc2)cc1. The largest absolute Gasteiger partial charge is 0.457 e. The molecule has 3 aromatic carbocycles. The molecule has 0 heterocycles. The molecule has 8 heteroatoms. The van der Waals surface area contributed by atoms with Crippen LogP contribution in [0.15, 0.2) is 72.8 Å². The van der Waals surface area contributed by atoms with Crippen molar-refractivity contribution < 1.29 is 27.5 Å². The third kappa shape index (κ3) is 5.38. The maximum absolute atomic E-state index is 12.8. The van der Waals surface area contributed by atoms with Crippen LogP contribution in [0.25, 0.3) is 0 Å². The zero-order chi connectivity index (χ0) is 21.7. The number of carbonyl (C=O) groups is 2. The number of hydrogen-bond donors (Lipinski definition) is 2. The fourth-order valence-corrected chi connectivity index (χ4v) is 2.64. The van der Waals surface area contributed by atoms with E-state index in [2.05, 4.69) is 5.32 Å². The van der Waals surface area contributed by atoms with Gasteiger partial charge in [-0.2, -0.15) is 13.2 Å². The van der Waals surface area contributed by atoms with Gasteiger partial charge in [0.25, 0.3) is 5.91 Å². The first kappa shape index (κ1) is 20.9. The van der Waals surface area contributed by atoms with E-state index < -0.39 is 23.6 Å². The van der Waals surface area contributed by atoms with Crippen molar-refractivity contribution in [2.24, 2.45) is 5.73 Å². The maximum atomic E-state index is 12.8. The van der Waals surface area contributed by atoms with Crippen molar-refractivity contribution in [2.75, 3.05) is 0 Å². The summed E-state index contributed by atoms with van der Waals surface area (Å²) in [6, 6.07) is 17.3. The zero-order valence-corrected chi connectivity index (χ0v) is 15.6. The van der Waals surface area contributed by atoms with Crippen LogP contribution in [0.2, 0.25) is 0 Å². The van der Waals surface area contributed by atoms with Gasteiger partial charge in [-0.05, 0) is 66.2 Å².